The van der Waals surface area contributed by atoms with Gasteiger partial charge in [0.1, 0.15) is 17.5 Å². The van der Waals surface area contributed by atoms with Gasteiger partial charge in [0.2, 0.25) is 5.91 Å². The zero-order chi connectivity index (χ0) is 20.6. The third-order valence-electron chi connectivity index (χ3n) is 3.31. The number of nitrogens with zero attached hydrogens (tertiary/aromatic N) is 2. The molecule has 1 atom stereocenters. The van der Waals surface area contributed by atoms with Crippen LogP contribution in [0, 0.1) is 3.57 Å². The van der Waals surface area contributed by atoms with Gasteiger partial charge >= 0.3 is 6.09 Å². The molecule has 6 nitrogen and oxygen atoms in total. The molecule has 0 saturated heterocycles. The zero-order valence-corrected chi connectivity index (χ0v) is 19.0. The molecule has 1 aromatic carbocycles. The van der Waals surface area contributed by atoms with E-state index in [9.17, 15) is 9.59 Å². The van der Waals surface area contributed by atoms with Gasteiger partial charge in [-0.1, -0.05) is 6.08 Å². The minimum atomic E-state index is -0.598. The van der Waals surface area contributed by atoms with Crippen LogP contribution in [0.5, 0.6) is 5.75 Å². The van der Waals surface area contributed by atoms with E-state index < -0.39 is 11.7 Å². The Kier molecular flexibility index (Phi) is 9.08. The summed E-state index contributed by atoms with van der Waals surface area (Å²) < 4.78 is 12.5. The molecule has 0 N–H and O–H groups in total. The number of halogens is 1. The van der Waals surface area contributed by atoms with Gasteiger partial charge < -0.3 is 19.3 Å². The molecular weight excluding hydrogens is 459 g/mol. The number of hydrogen-bond donors (Lipinski definition) is 0. The van der Waals surface area contributed by atoms with Gasteiger partial charge in [0.15, 0.2) is 0 Å². The first-order valence-electron chi connectivity index (χ1n) is 8.76. The van der Waals surface area contributed by atoms with Crippen LogP contribution < -0.4 is 4.74 Å². The van der Waals surface area contributed by atoms with Gasteiger partial charge in [0.25, 0.3) is 0 Å². The minimum Gasteiger partial charge on any atom is -0.489 e. The lowest BCUT2D eigenvalue weighted by Gasteiger charge is -2.28. The molecule has 0 aliphatic heterocycles. The summed E-state index contributed by atoms with van der Waals surface area (Å²) in [4.78, 5) is 27.2. The Labute approximate surface area is 175 Å². The highest BCUT2D eigenvalue weighted by Crippen LogP contribution is 2.16. The third-order valence-corrected chi connectivity index (χ3v) is 4.03. The molecular formula is C20H29IN2O4. The quantitative estimate of drug-likeness (QED) is 0.431. The molecule has 0 spiro atoms. The lowest BCUT2D eigenvalue weighted by atomic mass is 10.2. The summed E-state index contributed by atoms with van der Waals surface area (Å²) in [6.07, 6.45) is 2.42. The number of ether oxygens (including phenoxy) is 2. The molecule has 1 aromatic rings. The molecule has 1 unspecified atom stereocenters. The maximum Gasteiger partial charge on any atom is 0.410 e. The Hall–Kier alpha value is -1.77. The van der Waals surface area contributed by atoms with E-state index in [-0.39, 0.29) is 18.6 Å². The normalized spacial score (nSPS) is 12.6. The summed E-state index contributed by atoms with van der Waals surface area (Å²) in [6, 6.07) is 7.71. The van der Waals surface area contributed by atoms with Gasteiger partial charge in [0, 0.05) is 30.3 Å². The van der Waals surface area contributed by atoms with E-state index in [1.165, 1.54) is 15.9 Å². The van der Waals surface area contributed by atoms with Crippen LogP contribution in [0.15, 0.2) is 36.4 Å². The fraction of sp³-hybridized carbons (Fsp3) is 0.500. The van der Waals surface area contributed by atoms with Crippen molar-refractivity contribution in [3.63, 3.8) is 0 Å². The van der Waals surface area contributed by atoms with Crippen molar-refractivity contribution in [2.75, 3.05) is 27.2 Å². The van der Waals surface area contributed by atoms with Gasteiger partial charge in [-0.05, 0) is 74.6 Å². The highest BCUT2D eigenvalue weighted by atomic mass is 127. The molecule has 0 bridgehead atoms. The molecule has 150 valence electrons. The number of rotatable bonds is 7. The summed E-state index contributed by atoms with van der Waals surface area (Å²) in [6.45, 7) is 7.94. The van der Waals surface area contributed by atoms with E-state index in [1.54, 1.807) is 20.2 Å². The summed E-state index contributed by atoms with van der Waals surface area (Å²) in [5.41, 5.74) is -0.598. The Balaban J connectivity index is 2.77. The fourth-order valence-electron chi connectivity index (χ4n) is 2.07. The van der Waals surface area contributed by atoms with Crippen LogP contribution in [-0.2, 0) is 9.53 Å². The Morgan fingerprint density at radius 3 is 2.30 bits per heavy atom. The first kappa shape index (κ1) is 23.3. The van der Waals surface area contributed by atoms with Crippen molar-refractivity contribution in [3.05, 3.63) is 40.0 Å². The summed E-state index contributed by atoms with van der Waals surface area (Å²) in [5, 5.41) is 0. The molecule has 0 aliphatic carbocycles. The minimum absolute atomic E-state index is 0.137. The van der Waals surface area contributed by atoms with Crippen molar-refractivity contribution in [3.8, 4) is 5.75 Å². The van der Waals surface area contributed by atoms with Gasteiger partial charge in [0.05, 0.1) is 6.54 Å². The van der Waals surface area contributed by atoms with Crippen LogP contribution in [0.4, 0.5) is 4.79 Å². The maximum absolute atomic E-state index is 12.5. The lowest BCUT2D eigenvalue weighted by molar-refractivity contribution is -0.123. The molecule has 0 aromatic heterocycles. The molecule has 27 heavy (non-hydrogen) atoms. The van der Waals surface area contributed by atoms with Crippen LogP contribution in [0.1, 0.15) is 27.7 Å². The van der Waals surface area contributed by atoms with Crippen molar-refractivity contribution < 1.29 is 19.1 Å². The van der Waals surface area contributed by atoms with Crippen LogP contribution in [0.2, 0.25) is 0 Å². The van der Waals surface area contributed by atoms with Gasteiger partial charge in [-0.3, -0.25) is 4.79 Å². The third kappa shape index (κ3) is 9.65. The smallest absolute Gasteiger partial charge is 0.410 e. The first-order chi connectivity index (χ1) is 12.5. The lowest BCUT2D eigenvalue weighted by Crippen LogP contribution is -2.42. The fourth-order valence-corrected chi connectivity index (χ4v) is 2.43. The standard InChI is InChI=1S/C20H29IN2O4/c1-15(26-17-11-9-16(21)10-12-17)14-23(19(25)27-20(2,3)4)13-7-8-18(24)22(5)6/h7-12,15H,13-14H2,1-6H3/b8-7+. The second-order valence-electron chi connectivity index (χ2n) is 7.40. The van der Waals surface area contributed by atoms with Crippen LogP contribution in [0.25, 0.3) is 0 Å². The van der Waals surface area contributed by atoms with Gasteiger partial charge in [-0.25, -0.2) is 4.79 Å². The highest BCUT2D eigenvalue weighted by Gasteiger charge is 2.23. The topological polar surface area (TPSA) is 59.1 Å². The molecule has 0 aliphatic rings. The highest BCUT2D eigenvalue weighted by molar-refractivity contribution is 14.1. The average molecular weight is 488 g/mol. The van der Waals surface area contributed by atoms with Crippen molar-refractivity contribution in [2.45, 2.75) is 39.4 Å². The van der Waals surface area contributed by atoms with Gasteiger partial charge in [-0.15, -0.1) is 0 Å². The molecule has 0 radical (unpaired) electrons. The molecule has 2 amide bonds. The number of hydrogen-bond acceptors (Lipinski definition) is 4. The van der Waals surface area contributed by atoms with Crippen LogP contribution >= 0.6 is 22.6 Å². The summed E-state index contributed by atoms with van der Waals surface area (Å²) >= 11 is 2.23. The summed E-state index contributed by atoms with van der Waals surface area (Å²) in [7, 11) is 3.35. The number of amides is 2. The maximum atomic E-state index is 12.5. The predicted octanol–water partition coefficient (Wildman–Crippen LogP) is 3.94. The van der Waals surface area contributed by atoms with Crippen LogP contribution in [-0.4, -0.2) is 60.7 Å². The van der Waals surface area contributed by atoms with E-state index in [4.69, 9.17) is 9.47 Å². The Bertz CT molecular complexity index is 651. The Morgan fingerprint density at radius 1 is 1.19 bits per heavy atom. The predicted molar refractivity (Wildman–Crippen MR) is 115 cm³/mol. The van der Waals surface area contributed by atoms with E-state index in [0.29, 0.717) is 6.54 Å². The van der Waals surface area contributed by atoms with Crippen molar-refractivity contribution >= 4 is 34.6 Å². The Morgan fingerprint density at radius 2 is 1.78 bits per heavy atom. The molecule has 0 saturated carbocycles. The number of carbonyl (C=O) groups excluding carboxylic acids is 2. The van der Waals surface area contributed by atoms with Crippen molar-refractivity contribution in [1.29, 1.82) is 0 Å². The van der Waals surface area contributed by atoms with Gasteiger partial charge in [-0.2, -0.15) is 0 Å². The molecule has 7 heteroatoms. The molecule has 1 rings (SSSR count). The van der Waals surface area contributed by atoms with Crippen molar-refractivity contribution in [2.24, 2.45) is 0 Å². The largest absolute Gasteiger partial charge is 0.489 e. The summed E-state index contributed by atoms with van der Waals surface area (Å²) in [5.74, 6) is 0.604. The second-order valence-corrected chi connectivity index (χ2v) is 8.65. The van der Waals surface area contributed by atoms with E-state index >= 15 is 0 Å². The van der Waals surface area contributed by atoms with E-state index in [1.807, 2.05) is 52.0 Å². The van der Waals surface area contributed by atoms with Crippen molar-refractivity contribution in [1.82, 2.24) is 9.80 Å². The number of benzene rings is 1. The monoisotopic (exact) mass is 488 g/mol. The van der Waals surface area contributed by atoms with Crippen LogP contribution in [0.3, 0.4) is 0 Å². The zero-order valence-electron chi connectivity index (χ0n) is 16.9. The van der Waals surface area contributed by atoms with E-state index in [0.717, 1.165) is 9.32 Å². The first-order valence-corrected chi connectivity index (χ1v) is 9.84. The number of carbonyl (C=O) groups is 2. The molecule has 0 fully saturated rings. The number of likely N-dealkylation sites (N-methyl/N-ethyl adjacent to an activating group) is 1. The van der Waals surface area contributed by atoms with E-state index in [2.05, 4.69) is 22.6 Å². The molecule has 0 heterocycles. The average Bonchev–Trinajstić information content (AvgIpc) is 2.54. The SMILES string of the molecule is CC(CN(C/C=C/C(=O)N(C)C)C(=O)OC(C)(C)C)Oc1ccc(I)cc1. The second kappa shape index (κ2) is 10.5.